The predicted octanol–water partition coefficient (Wildman–Crippen LogP) is 9.10. The van der Waals surface area contributed by atoms with Crippen molar-refractivity contribution in [1.29, 1.82) is 0 Å². The number of aromatic nitrogens is 4. The van der Waals surface area contributed by atoms with Gasteiger partial charge in [-0.3, -0.25) is 24.5 Å². The summed E-state index contributed by atoms with van der Waals surface area (Å²) < 4.78 is 36.4. The monoisotopic (exact) mass is 999 g/mol. The molecule has 72 heavy (non-hydrogen) atoms. The summed E-state index contributed by atoms with van der Waals surface area (Å²) in [5.74, 6) is -1.35. The second-order valence-corrected chi connectivity index (χ2v) is 20.0. The number of benzene rings is 4. The number of piperazine rings is 1. The smallest absolute Gasteiger partial charge is 0.362 e. The van der Waals surface area contributed by atoms with Crippen LogP contribution in [-0.2, 0) is 44.0 Å². The lowest BCUT2D eigenvalue weighted by molar-refractivity contribution is -0.199. The highest BCUT2D eigenvalue weighted by atomic mass is 35.5. The molecule has 2 saturated heterocycles. The number of amides is 2. The lowest BCUT2D eigenvalue weighted by atomic mass is 9.89. The van der Waals surface area contributed by atoms with Crippen molar-refractivity contribution in [2.75, 3.05) is 45.9 Å². The predicted molar refractivity (Wildman–Crippen MR) is 273 cm³/mol. The van der Waals surface area contributed by atoms with Crippen LogP contribution < -0.4 is 14.8 Å². The van der Waals surface area contributed by atoms with Gasteiger partial charge in [-0.15, -0.1) is 5.06 Å². The fourth-order valence-corrected chi connectivity index (χ4v) is 10.3. The Morgan fingerprint density at radius 3 is 2.32 bits per heavy atom. The molecule has 15 nitrogen and oxygen atoms in total. The zero-order chi connectivity index (χ0) is 51.0. The van der Waals surface area contributed by atoms with Gasteiger partial charge in [0.25, 0.3) is 0 Å². The Labute approximate surface area is 422 Å². The number of para-hydroxylation sites is 1. The summed E-state index contributed by atoms with van der Waals surface area (Å²) in [6.45, 7) is 14.4. The second kappa shape index (κ2) is 20.7. The van der Waals surface area contributed by atoms with Gasteiger partial charge in [0.2, 0.25) is 11.8 Å². The fourth-order valence-electron chi connectivity index (χ4n) is 10.0. The van der Waals surface area contributed by atoms with Gasteiger partial charge in [-0.1, -0.05) is 41.9 Å². The number of piperidine rings is 1. The van der Waals surface area contributed by atoms with Crippen LogP contribution in [0.1, 0.15) is 84.6 Å². The molecule has 2 amide bonds. The van der Waals surface area contributed by atoms with Crippen molar-refractivity contribution in [2.24, 2.45) is 7.05 Å². The minimum absolute atomic E-state index is 0.264. The van der Waals surface area contributed by atoms with E-state index in [1.807, 2.05) is 95.7 Å². The number of nitrogens with zero attached hydrogens (tertiary/aromatic N) is 6. The minimum atomic E-state index is -0.781. The van der Waals surface area contributed by atoms with Crippen LogP contribution in [0.3, 0.4) is 0 Å². The molecule has 9 rings (SSSR count). The van der Waals surface area contributed by atoms with Gasteiger partial charge < -0.3 is 23.6 Å². The normalized spacial score (nSPS) is 15.9. The number of hydrogen-bond acceptors (Lipinski definition) is 12. The average Bonchev–Trinajstić information content (AvgIpc) is 3.78. The molecule has 0 radical (unpaired) electrons. The molecule has 3 aromatic heterocycles. The number of aryl methyl sites for hydroxylation is 4. The second-order valence-electron chi connectivity index (χ2n) is 19.6. The Bertz CT molecular complexity index is 3260. The van der Waals surface area contributed by atoms with Crippen molar-refractivity contribution in [2.45, 2.75) is 85.3 Å². The maximum atomic E-state index is 14.6. The van der Waals surface area contributed by atoms with E-state index in [0.717, 1.165) is 60.7 Å². The first-order valence-electron chi connectivity index (χ1n) is 24.4. The summed E-state index contributed by atoms with van der Waals surface area (Å²) in [5.41, 5.74) is 6.67. The van der Waals surface area contributed by atoms with E-state index < -0.39 is 23.5 Å². The highest BCUT2D eigenvalue weighted by Crippen LogP contribution is 2.43. The van der Waals surface area contributed by atoms with Crippen LogP contribution in [0.15, 0.2) is 72.8 Å². The number of carbonyl (C=O) groups excluding carboxylic acids is 4. The third-order valence-corrected chi connectivity index (χ3v) is 13.8. The summed E-state index contributed by atoms with van der Waals surface area (Å²) in [4.78, 5) is 65.0. The number of fused-ring (bicyclic) bond motifs is 3. The van der Waals surface area contributed by atoms with Gasteiger partial charge in [-0.05, 0) is 120 Å². The first kappa shape index (κ1) is 50.1. The number of rotatable bonds is 15. The molecule has 0 spiro atoms. The topological polar surface area (TPSA) is 159 Å². The van der Waals surface area contributed by atoms with Gasteiger partial charge in [0.05, 0.1) is 28.8 Å². The molecular weight excluding hydrogens is 941 g/mol. The fraction of sp³-hybridized carbons (Fsp3) is 0.382. The molecule has 2 aliphatic heterocycles. The lowest BCUT2D eigenvalue weighted by Crippen LogP contribution is -2.48. The third-order valence-electron chi connectivity index (χ3n) is 13.5. The van der Waals surface area contributed by atoms with Crippen LogP contribution in [-0.4, -0.2) is 105 Å². The molecule has 0 aliphatic carbocycles. The Morgan fingerprint density at radius 1 is 0.861 bits per heavy atom. The lowest BCUT2D eigenvalue weighted by Gasteiger charge is -2.33. The van der Waals surface area contributed by atoms with Gasteiger partial charge in [0.1, 0.15) is 34.1 Å². The van der Waals surface area contributed by atoms with E-state index in [9.17, 15) is 23.6 Å². The highest BCUT2D eigenvalue weighted by molar-refractivity contribution is 6.35. The van der Waals surface area contributed by atoms with Crippen LogP contribution in [0.4, 0.5) is 4.39 Å². The van der Waals surface area contributed by atoms with Crippen LogP contribution in [0.2, 0.25) is 5.02 Å². The molecule has 17 heteroatoms. The molecule has 0 saturated carbocycles. The number of ether oxygens (including phenoxy) is 3. The highest BCUT2D eigenvalue weighted by Gasteiger charge is 2.33. The summed E-state index contributed by atoms with van der Waals surface area (Å²) in [5, 5.41) is 12.5. The van der Waals surface area contributed by atoms with Gasteiger partial charge in [0, 0.05) is 91.4 Å². The van der Waals surface area contributed by atoms with E-state index in [2.05, 4.69) is 14.8 Å². The Hall–Kier alpha value is -6.88. The van der Waals surface area contributed by atoms with Crippen LogP contribution in [0.5, 0.6) is 11.5 Å². The SMILES string of the molecule is Cc1nc2c(OCC(=O)ON3CCN(CCn4c(C(=O)OC(C)(C)C)c(CCCOc5cccc6cc(F)ccc56)c5ccc(Cl)c(-c6c(C)nn(C)c6C)c54)CC3)cccc2cc1C1CCC(=O)NC1=O. The van der Waals surface area contributed by atoms with Crippen molar-refractivity contribution in [3.63, 3.8) is 0 Å². The molecule has 376 valence electrons. The molecule has 2 fully saturated rings. The number of carbonyl (C=O) groups is 4. The first-order chi connectivity index (χ1) is 34.4. The minimum Gasteiger partial charge on any atom is -0.493 e. The Morgan fingerprint density at radius 2 is 1.60 bits per heavy atom. The van der Waals surface area contributed by atoms with Crippen LogP contribution >= 0.6 is 11.6 Å². The van der Waals surface area contributed by atoms with Crippen molar-refractivity contribution >= 4 is 67.9 Å². The molecule has 1 unspecified atom stereocenters. The molecule has 5 heterocycles. The molecule has 1 N–H and O–H groups in total. The standard InChI is InChI=1S/C55H59ClFN7O8/c1-32-42(41-19-21-46(65)59-53(41)67)30-36-12-9-15-45(50(36)58-32)70-31-47(66)72-63-25-22-62(23-26-63)24-27-64-51-40(18-20-43(56)49(51)48-33(2)60-61(7)34(48)3)39(52(64)54(68)71-55(4,5)6)13-10-28-69-44-14-8-11-35-29-37(57)16-17-38(35)44/h8-9,11-12,14-18,20,29-30,41H,10,13,19,21-28,31H2,1-7H3,(H,59,65,67). The van der Waals surface area contributed by atoms with Crippen molar-refractivity contribution in [3.8, 4) is 22.6 Å². The largest absolute Gasteiger partial charge is 0.493 e. The number of imide groups is 1. The average molecular weight is 1000 g/mol. The van der Waals surface area contributed by atoms with Crippen LogP contribution in [0, 0.1) is 26.6 Å². The van der Waals surface area contributed by atoms with E-state index in [1.165, 1.54) is 12.1 Å². The van der Waals surface area contributed by atoms with Gasteiger partial charge in [-0.25, -0.2) is 19.0 Å². The Kier molecular flexibility index (Phi) is 14.4. The molecule has 4 aromatic carbocycles. The van der Waals surface area contributed by atoms with Gasteiger partial charge in [-0.2, -0.15) is 5.10 Å². The van der Waals surface area contributed by atoms with Gasteiger partial charge >= 0.3 is 11.9 Å². The Balaban J connectivity index is 0.916. The maximum Gasteiger partial charge on any atom is 0.362 e. The number of esters is 1. The van der Waals surface area contributed by atoms with Crippen LogP contribution in [0.25, 0.3) is 43.7 Å². The molecular formula is C55H59ClFN7O8. The number of hydroxylamine groups is 2. The first-order valence-corrected chi connectivity index (χ1v) is 24.7. The van der Waals surface area contributed by atoms with E-state index in [1.54, 1.807) is 23.3 Å². The van der Waals surface area contributed by atoms with E-state index >= 15 is 0 Å². The zero-order valence-corrected chi connectivity index (χ0v) is 42.5. The number of nitrogens with one attached hydrogen (secondary N) is 1. The molecule has 2 aliphatic rings. The molecule has 0 bridgehead atoms. The van der Waals surface area contributed by atoms with Gasteiger partial charge in [0.15, 0.2) is 6.61 Å². The summed E-state index contributed by atoms with van der Waals surface area (Å²) >= 11 is 7.20. The van der Waals surface area contributed by atoms with Crippen molar-refractivity contribution in [1.82, 2.24) is 34.6 Å². The van der Waals surface area contributed by atoms with E-state index in [4.69, 9.17) is 40.7 Å². The van der Waals surface area contributed by atoms with E-state index in [0.29, 0.717) is 98.6 Å². The summed E-state index contributed by atoms with van der Waals surface area (Å²) in [6, 6.07) is 21.4. The number of pyridine rings is 1. The van der Waals surface area contributed by atoms with Crippen molar-refractivity contribution in [3.05, 3.63) is 118 Å². The summed E-state index contributed by atoms with van der Waals surface area (Å²) in [7, 11) is 1.90. The summed E-state index contributed by atoms with van der Waals surface area (Å²) in [6.07, 6.45) is 1.72. The maximum absolute atomic E-state index is 14.6. The quantitative estimate of drug-likeness (QED) is 0.0591. The molecule has 7 aromatic rings. The van der Waals surface area contributed by atoms with Crippen molar-refractivity contribution < 1.29 is 42.6 Å². The zero-order valence-electron chi connectivity index (χ0n) is 41.7. The third kappa shape index (κ3) is 10.5. The van der Waals surface area contributed by atoms with E-state index in [-0.39, 0.29) is 30.7 Å². The number of hydrogen-bond donors (Lipinski definition) is 1. The molecule has 1 atom stereocenters. The number of halogens is 2.